The molecule has 0 aromatic heterocycles. The fourth-order valence-corrected chi connectivity index (χ4v) is 4.37. The standard InChI is InChI=1S/C15H23FN2O2S/c1-11-8-13(17)9-14(15(11)16)21(19,20)18(2)10-12-6-4-3-5-7-12/h8-9,12H,3-7,10,17H2,1-2H3. The molecule has 118 valence electrons. The molecule has 4 nitrogen and oxygen atoms in total. The van der Waals surface area contributed by atoms with Crippen molar-refractivity contribution in [1.29, 1.82) is 0 Å². The zero-order valence-corrected chi connectivity index (χ0v) is 13.4. The van der Waals surface area contributed by atoms with Gasteiger partial charge in [-0.2, -0.15) is 0 Å². The molecule has 2 rings (SSSR count). The Kier molecular flexibility index (Phi) is 4.88. The molecule has 0 radical (unpaired) electrons. The summed E-state index contributed by atoms with van der Waals surface area (Å²) >= 11 is 0. The maximum atomic E-state index is 14.2. The van der Waals surface area contributed by atoms with Gasteiger partial charge in [-0.3, -0.25) is 0 Å². The van der Waals surface area contributed by atoms with Crippen molar-refractivity contribution in [3.05, 3.63) is 23.5 Å². The molecule has 1 fully saturated rings. The first kappa shape index (κ1) is 16.2. The van der Waals surface area contributed by atoms with E-state index in [1.54, 1.807) is 0 Å². The van der Waals surface area contributed by atoms with Crippen LogP contribution < -0.4 is 5.73 Å². The van der Waals surface area contributed by atoms with Crippen molar-refractivity contribution < 1.29 is 12.8 Å². The summed E-state index contributed by atoms with van der Waals surface area (Å²) in [5, 5.41) is 0. The number of anilines is 1. The number of nitrogens with two attached hydrogens (primary N) is 1. The zero-order chi connectivity index (χ0) is 15.6. The number of hydrogen-bond acceptors (Lipinski definition) is 3. The number of aryl methyl sites for hydroxylation is 1. The van der Waals surface area contributed by atoms with E-state index in [4.69, 9.17) is 5.73 Å². The molecule has 0 atom stereocenters. The Hall–Kier alpha value is -1.14. The van der Waals surface area contributed by atoms with E-state index in [0.717, 1.165) is 25.7 Å². The van der Waals surface area contributed by atoms with Crippen LogP contribution in [0.4, 0.5) is 10.1 Å². The number of nitrogen functional groups attached to an aromatic ring is 1. The lowest BCUT2D eigenvalue weighted by Gasteiger charge is -2.26. The lowest BCUT2D eigenvalue weighted by atomic mass is 9.89. The SMILES string of the molecule is Cc1cc(N)cc(S(=O)(=O)N(C)CC2CCCCC2)c1F. The number of sulfonamides is 1. The molecule has 1 aromatic rings. The Morgan fingerprint density at radius 1 is 1.29 bits per heavy atom. The highest BCUT2D eigenvalue weighted by Crippen LogP contribution is 2.28. The fourth-order valence-electron chi connectivity index (χ4n) is 2.95. The van der Waals surface area contributed by atoms with Gasteiger partial charge in [-0.25, -0.2) is 17.1 Å². The lowest BCUT2D eigenvalue weighted by molar-refractivity contribution is 0.299. The maximum Gasteiger partial charge on any atom is 0.245 e. The molecule has 0 spiro atoms. The van der Waals surface area contributed by atoms with Crippen LogP contribution in [0.25, 0.3) is 0 Å². The highest BCUT2D eigenvalue weighted by molar-refractivity contribution is 7.89. The van der Waals surface area contributed by atoms with Crippen LogP contribution in [-0.4, -0.2) is 26.3 Å². The number of nitrogens with zero attached hydrogens (tertiary/aromatic N) is 1. The lowest BCUT2D eigenvalue weighted by Crippen LogP contribution is -2.33. The first-order valence-electron chi connectivity index (χ1n) is 7.34. The molecular formula is C15H23FN2O2S. The van der Waals surface area contributed by atoms with Crippen LogP contribution in [0.3, 0.4) is 0 Å². The Morgan fingerprint density at radius 2 is 1.90 bits per heavy atom. The molecule has 0 aliphatic heterocycles. The minimum absolute atomic E-state index is 0.250. The Bertz CT molecular complexity index is 610. The Balaban J connectivity index is 2.24. The molecule has 2 N–H and O–H groups in total. The molecule has 0 bridgehead atoms. The molecule has 1 aliphatic carbocycles. The van der Waals surface area contributed by atoms with Crippen molar-refractivity contribution in [1.82, 2.24) is 4.31 Å². The van der Waals surface area contributed by atoms with Gasteiger partial charge in [0.15, 0.2) is 0 Å². The minimum Gasteiger partial charge on any atom is -0.399 e. The summed E-state index contributed by atoms with van der Waals surface area (Å²) < 4.78 is 40.5. The molecular weight excluding hydrogens is 291 g/mol. The van der Waals surface area contributed by atoms with E-state index < -0.39 is 15.8 Å². The third kappa shape index (κ3) is 3.55. The largest absolute Gasteiger partial charge is 0.399 e. The van der Waals surface area contributed by atoms with E-state index in [1.165, 1.54) is 36.8 Å². The first-order chi connectivity index (χ1) is 9.82. The van der Waals surface area contributed by atoms with Crippen molar-refractivity contribution in [2.24, 2.45) is 5.92 Å². The van der Waals surface area contributed by atoms with Crippen molar-refractivity contribution >= 4 is 15.7 Å². The predicted octanol–water partition coefficient (Wildman–Crippen LogP) is 2.92. The van der Waals surface area contributed by atoms with Gasteiger partial charge in [0.1, 0.15) is 10.7 Å². The smallest absolute Gasteiger partial charge is 0.245 e. The van der Waals surface area contributed by atoms with Gasteiger partial charge in [0.05, 0.1) is 0 Å². The monoisotopic (exact) mass is 314 g/mol. The molecule has 1 saturated carbocycles. The van der Waals surface area contributed by atoms with Gasteiger partial charge in [-0.05, 0) is 43.4 Å². The molecule has 0 amide bonds. The van der Waals surface area contributed by atoms with E-state index in [-0.39, 0.29) is 16.1 Å². The van der Waals surface area contributed by atoms with Gasteiger partial charge in [-0.1, -0.05) is 19.3 Å². The van der Waals surface area contributed by atoms with Crippen LogP contribution in [0.2, 0.25) is 0 Å². The van der Waals surface area contributed by atoms with Gasteiger partial charge in [0, 0.05) is 19.3 Å². The van der Waals surface area contributed by atoms with Crippen LogP contribution in [0.1, 0.15) is 37.7 Å². The second kappa shape index (κ2) is 6.32. The molecule has 6 heteroatoms. The summed E-state index contributed by atoms with van der Waals surface area (Å²) in [6.07, 6.45) is 5.58. The van der Waals surface area contributed by atoms with E-state index in [0.29, 0.717) is 12.5 Å². The second-order valence-electron chi connectivity index (χ2n) is 5.94. The van der Waals surface area contributed by atoms with Gasteiger partial charge in [0.2, 0.25) is 10.0 Å². The normalized spacial score (nSPS) is 17.3. The van der Waals surface area contributed by atoms with Gasteiger partial charge in [0.25, 0.3) is 0 Å². The number of halogens is 1. The van der Waals surface area contributed by atoms with Crippen LogP contribution >= 0.6 is 0 Å². The molecule has 1 aliphatic rings. The van der Waals surface area contributed by atoms with Crippen LogP contribution in [0.5, 0.6) is 0 Å². The van der Waals surface area contributed by atoms with Crippen LogP contribution in [0, 0.1) is 18.7 Å². The summed E-state index contributed by atoms with van der Waals surface area (Å²) in [6, 6.07) is 2.64. The van der Waals surface area contributed by atoms with Gasteiger partial charge in [-0.15, -0.1) is 0 Å². The molecule has 0 saturated heterocycles. The summed E-state index contributed by atoms with van der Waals surface area (Å²) in [5.41, 5.74) is 6.17. The van der Waals surface area contributed by atoms with Crippen molar-refractivity contribution in [2.45, 2.75) is 43.9 Å². The Labute approximate surface area is 126 Å². The quantitative estimate of drug-likeness (QED) is 0.869. The Morgan fingerprint density at radius 3 is 2.52 bits per heavy atom. The van der Waals surface area contributed by atoms with E-state index in [1.807, 2.05) is 0 Å². The van der Waals surface area contributed by atoms with Crippen molar-refractivity contribution in [3.63, 3.8) is 0 Å². The van der Waals surface area contributed by atoms with E-state index >= 15 is 0 Å². The second-order valence-corrected chi connectivity index (χ2v) is 7.95. The van der Waals surface area contributed by atoms with Gasteiger partial charge < -0.3 is 5.73 Å². The van der Waals surface area contributed by atoms with E-state index in [9.17, 15) is 12.8 Å². The summed E-state index contributed by atoms with van der Waals surface area (Å²) in [5.74, 6) is -0.344. The predicted molar refractivity (Wildman–Crippen MR) is 81.9 cm³/mol. The van der Waals surface area contributed by atoms with E-state index in [2.05, 4.69) is 0 Å². The molecule has 0 heterocycles. The fraction of sp³-hybridized carbons (Fsp3) is 0.600. The summed E-state index contributed by atoms with van der Waals surface area (Å²) in [4.78, 5) is -0.321. The van der Waals surface area contributed by atoms with Crippen LogP contribution in [0.15, 0.2) is 17.0 Å². The average molecular weight is 314 g/mol. The molecule has 0 unspecified atom stereocenters. The van der Waals surface area contributed by atoms with Crippen molar-refractivity contribution in [3.8, 4) is 0 Å². The number of benzene rings is 1. The molecule has 1 aromatic carbocycles. The summed E-state index contributed by atoms with van der Waals surface area (Å²) in [6.45, 7) is 1.96. The maximum absolute atomic E-state index is 14.2. The minimum atomic E-state index is -3.84. The average Bonchev–Trinajstić information content (AvgIpc) is 2.43. The topological polar surface area (TPSA) is 63.4 Å². The highest BCUT2D eigenvalue weighted by atomic mass is 32.2. The number of rotatable bonds is 4. The van der Waals surface area contributed by atoms with Crippen LogP contribution in [-0.2, 0) is 10.0 Å². The summed E-state index contributed by atoms with van der Waals surface area (Å²) in [7, 11) is -2.32. The first-order valence-corrected chi connectivity index (χ1v) is 8.78. The highest BCUT2D eigenvalue weighted by Gasteiger charge is 2.28. The third-order valence-corrected chi connectivity index (χ3v) is 5.99. The zero-order valence-electron chi connectivity index (χ0n) is 12.6. The van der Waals surface area contributed by atoms with Gasteiger partial charge >= 0.3 is 0 Å². The number of hydrogen-bond donors (Lipinski definition) is 1. The molecule has 21 heavy (non-hydrogen) atoms. The third-order valence-electron chi connectivity index (χ3n) is 4.17. The van der Waals surface area contributed by atoms with Crippen molar-refractivity contribution in [2.75, 3.05) is 19.3 Å².